The molecule has 3 aromatic heterocycles. The molecular formula is C55H34N4OS. The van der Waals surface area contributed by atoms with Crippen LogP contribution in [-0.4, -0.2) is 15.0 Å². The second kappa shape index (κ2) is 14.4. The number of benzene rings is 9. The van der Waals surface area contributed by atoms with Crippen LogP contribution in [0, 0.1) is 0 Å². The van der Waals surface area contributed by atoms with Gasteiger partial charge in [0, 0.05) is 69.8 Å². The Kier molecular flexibility index (Phi) is 8.28. The Labute approximate surface area is 355 Å². The van der Waals surface area contributed by atoms with Crippen LogP contribution in [0.5, 0.6) is 0 Å². The molecule has 0 saturated carbocycles. The van der Waals surface area contributed by atoms with Gasteiger partial charge in [0.05, 0.1) is 5.69 Å². The largest absolute Gasteiger partial charge is 0.455 e. The van der Waals surface area contributed by atoms with Crippen LogP contribution < -0.4 is 4.90 Å². The number of thiophene rings is 1. The summed E-state index contributed by atoms with van der Waals surface area (Å²) in [5.74, 6) is 1.81. The fourth-order valence-electron chi connectivity index (χ4n) is 8.74. The lowest BCUT2D eigenvalue weighted by molar-refractivity contribution is 0.672. The molecule has 0 radical (unpaired) electrons. The topological polar surface area (TPSA) is 55.1 Å². The minimum absolute atomic E-state index is 0.583. The van der Waals surface area contributed by atoms with E-state index in [1.54, 1.807) is 0 Å². The summed E-state index contributed by atoms with van der Waals surface area (Å²) in [6.45, 7) is 0. The van der Waals surface area contributed by atoms with Gasteiger partial charge in [0.15, 0.2) is 17.5 Å². The number of nitrogens with zero attached hydrogens (tertiary/aromatic N) is 4. The molecule has 6 heteroatoms. The normalized spacial score (nSPS) is 11.6. The second-order valence-electron chi connectivity index (χ2n) is 15.1. The van der Waals surface area contributed by atoms with Crippen LogP contribution in [0.4, 0.5) is 17.1 Å². The van der Waals surface area contributed by atoms with Crippen molar-refractivity contribution in [3.63, 3.8) is 0 Å². The molecule has 0 aliphatic rings. The Morgan fingerprint density at radius 1 is 0.377 bits per heavy atom. The first-order valence-corrected chi connectivity index (χ1v) is 21.2. The van der Waals surface area contributed by atoms with E-state index in [9.17, 15) is 0 Å². The smallest absolute Gasteiger partial charge is 0.164 e. The zero-order chi connectivity index (χ0) is 40.3. The standard InChI is InChI=1S/C55H34N4OS/c1-4-16-36(17-5-1)53-56-54(37-18-6-2-7-19-37)58-55(57-53)44-26-14-27-47-50(44)45-34-46(41-22-10-11-23-42(41)52(45)60-47)59(38-20-8-3-9-21-38)39-32-30-35(31-33-39)40-25-15-29-49-51(40)43-24-12-13-28-48(43)61-49/h1-34H. The Morgan fingerprint density at radius 2 is 0.934 bits per heavy atom. The molecule has 0 aliphatic carbocycles. The number of para-hydroxylation sites is 1. The third-order valence-corrected chi connectivity index (χ3v) is 12.7. The summed E-state index contributed by atoms with van der Waals surface area (Å²) in [5.41, 5.74) is 9.86. The molecule has 12 aromatic rings. The van der Waals surface area contributed by atoms with Crippen molar-refractivity contribution in [1.82, 2.24) is 15.0 Å². The van der Waals surface area contributed by atoms with Gasteiger partial charge in [-0.05, 0) is 59.7 Å². The van der Waals surface area contributed by atoms with Gasteiger partial charge in [-0.1, -0.05) is 158 Å². The van der Waals surface area contributed by atoms with Gasteiger partial charge in [0.2, 0.25) is 0 Å². The molecule has 5 nitrogen and oxygen atoms in total. The molecule has 0 bridgehead atoms. The highest BCUT2D eigenvalue weighted by Crippen LogP contribution is 2.47. The highest BCUT2D eigenvalue weighted by molar-refractivity contribution is 7.25. The maximum Gasteiger partial charge on any atom is 0.164 e. The van der Waals surface area contributed by atoms with Gasteiger partial charge >= 0.3 is 0 Å². The van der Waals surface area contributed by atoms with Crippen LogP contribution in [-0.2, 0) is 0 Å². The third-order valence-electron chi connectivity index (χ3n) is 11.5. The highest BCUT2D eigenvalue weighted by Gasteiger charge is 2.23. The molecule has 0 aliphatic heterocycles. The molecule has 3 heterocycles. The van der Waals surface area contributed by atoms with E-state index in [-0.39, 0.29) is 0 Å². The van der Waals surface area contributed by atoms with Crippen LogP contribution in [0.2, 0.25) is 0 Å². The Balaban J connectivity index is 1.07. The fourth-order valence-corrected chi connectivity index (χ4v) is 9.87. The number of anilines is 3. The lowest BCUT2D eigenvalue weighted by Gasteiger charge is -2.27. The molecule has 0 amide bonds. The van der Waals surface area contributed by atoms with Gasteiger partial charge in [-0.2, -0.15) is 0 Å². The minimum atomic E-state index is 0.583. The predicted molar refractivity (Wildman–Crippen MR) is 254 cm³/mol. The fraction of sp³-hybridized carbons (Fsp3) is 0. The Hall–Kier alpha value is -7.93. The molecule has 9 aromatic carbocycles. The van der Waals surface area contributed by atoms with Crippen LogP contribution in [0.25, 0.3) is 98.2 Å². The molecule has 0 N–H and O–H groups in total. The Bertz CT molecular complexity index is 3520. The summed E-state index contributed by atoms with van der Waals surface area (Å²) in [7, 11) is 0. The average molecular weight is 799 g/mol. The molecule has 0 spiro atoms. The van der Waals surface area contributed by atoms with Crippen LogP contribution in [0.15, 0.2) is 211 Å². The molecule has 61 heavy (non-hydrogen) atoms. The summed E-state index contributed by atoms with van der Waals surface area (Å²) in [5, 5.41) is 6.64. The van der Waals surface area contributed by atoms with E-state index in [4.69, 9.17) is 19.4 Å². The van der Waals surface area contributed by atoms with E-state index < -0.39 is 0 Å². The predicted octanol–water partition coefficient (Wildman–Crippen LogP) is 15.4. The van der Waals surface area contributed by atoms with Crippen LogP contribution in [0.3, 0.4) is 0 Å². The second-order valence-corrected chi connectivity index (χ2v) is 16.2. The SMILES string of the molecule is c1ccc(-c2nc(-c3ccccc3)nc(-c3cccc4oc5c6ccccc6c(N(c6ccccc6)c6ccc(-c7cccc8sc9ccccc9c78)cc6)cc5c34)n2)cc1. The monoisotopic (exact) mass is 798 g/mol. The van der Waals surface area contributed by atoms with Crippen molar-refractivity contribution in [3.05, 3.63) is 206 Å². The first kappa shape index (κ1) is 35.1. The van der Waals surface area contributed by atoms with Gasteiger partial charge in [0.25, 0.3) is 0 Å². The van der Waals surface area contributed by atoms with Gasteiger partial charge in [-0.3, -0.25) is 0 Å². The first-order chi connectivity index (χ1) is 30.2. The molecule has 0 unspecified atom stereocenters. The van der Waals surface area contributed by atoms with Crippen molar-refractivity contribution >= 4 is 81.3 Å². The van der Waals surface area contributed by atoms with E-state index in [0.717, 1.165) is 66.5 Å². The summed E-state index contributed by atoms with van der Waals surface area (Å²) in [6.07, 6.45) is 0. The first-order valence-electron chi connectivity index (χ1n) is 20.4. The van der Waals surface area contributed by atoms with E-state index >= 15 is 0 Å². The van der Waals surface area contributed by atoms with E-state index in [1.165, 1.54) is 31.3 Å². The quantitative estimate of drug-likeness (QED) is 0.161. The zero-order valence-corrected chi connectivity index (χ0v) is 33.6. The molecular weight excluding hydrogens is 765 g/mol. The number of hydrogen-bond acceptors (Lipinski definition) is 6. The van der Waals surface area contributed by atoms with Crippen molar-refractivity contribution in [2.75, 3.05) is 4.90 Å². The summed E-state index contributed by atoms with van der Waals surface area (Å²) >= 11 is 1.85. The molecule has 0 fully saturated rings. The summed E-state index contributed by atoms with van der Waals surface area (Å²) < 4.78 is 9.44. The minimum Gasteiger partial charge on any atom is -0.455 e. The lowest BCUT2D eigenvalue weighted by Crippen LogP contribution is -2.10. The Morgan fingerprint density at radius 3 is 1.66 bits per heavy atom. The maximum atomic E-state index is 6.84. The molecule has 0 saturated heterocycles. The van der Waals surface area contributed by atoms with Crippen molar-refractivity contribution in [3.8, 4) is 45.3 Å². The van der Waals surface area contributed by atoms with Gasteiger partial charge < -0.3 is 9.32 Å². The lowest BCUT2D eigenvalue weighted by atomic mass is 9.98. The van der Waals surface area contributed by atoms with Crippen molar-refractivity contribution in [2.45, 2.75) is 0 Å². The van der Waals surface area contributed by atoms with E-state index in [0.29, 0.717) is 17.5 Å². The highest BCUT2D eigenvalue weighted by atomic mass is 32.1. The number of rotatable bonds is 7. The van der Waals surface area contributed by atoms with E-state index in [1.807, 2.05) is 84.1 Å². The number of fused-ring (bicyclic) bond motifs is 8. The van der Waals surface area contributed by atoms with Crippen molar-refractivity contribution in [1.29, 1.82) is 0 Å². The molecule has 12 rings (SSSR count). The van der Waals surface area contributed by atoms with Crippen molar-refractivity contribution in [2.24, 2.45) is 0 Å². The van der Waals surface area contributed by atoms with E-state index in [2.05, 4.69) is 138 Å². The summed E-state index contributed by atoms with van der Waals surface area (Å²) in [6, 6.07) is 72.1. The zero-order valence-electron chi connectivity index (χ0n) is 32.7. The number of hydrogen-bond donors (Lipinski definition) is 0. The third kappa shape index (κ3) is 5.95. The number of aromatic nitrogens is 3. The van der Waals surface area contributed by atoms with Crippen molar-refractivity contribution < 1.29 is 4.42 Å². The van der Waals surface area contributed by atoms with Crippen LogP contribution >= 0.6 is 11.3 Å². The van der Waals surface area contributed by atoms with Crippen LogP contribution in [0.1, 0.15) is 0 Å². The van der Waals surface area contributed by atoms with Gasteiger partial charge in [0.1, 0.15) is 11.2 Å². The van der Waals surface area contributed by atoms with Gasteiger partial charge in [-0.25, -0.2) is 15.0 Å². The average Bonchev–Trinajstić information content (AvgIpc) is 3.92. The number of furan rings is 1. The maximum absolute atomic E-state index is 6.84. The molecule has 0 atom stereocenters. The van der Waals surface area contributed by atoms with Gasteiger partial charge in [-0.15, -0.1) is 11.3 Å². The summed E-state index contributed by atoms with van der Waals surface area (Å²) in [4.78, 5) is 17.6. The molecule has 286 valence electrons.